The van der Waals surface area contributed by atoms with Crippen LogP contribution in [0.1, 0.15) is 25.5 Å². The fourth-order valence-electron chi connectivity index (χ4n) is 3.66. The first-order chi connectivity index (χ1) is 13.1. The average molecular weight is 370 g/mol. The highest BCUT2D eigenvalue weighted by Crippen LogP contribution is 2.49. The van der Waals surface area contributed by atoms with Gasteiger partial charge in [-0.1, -0.05) is 48.5 Å². The first kappa shape index (κ1) is 19.2. The first-order valence-corrected chi connectivity index (χ1v) is 8.96. The van der Waals surface area contributed by atoms with Crippen molar-refractivity contribution in [2.75, 3.05) is 13.7 Å². The average Bonchev–Trinajstić information content (AvgIpc) is 2.71. The summed E-state index contributed by atoms with van der Waals surface area (Å²) in [5, 5.41) is 0. The molecule has 0 N–H and O–H groups in total. The second-order valence-electron chi connectivity index (χ2n) is 6.30. The fourth-order valence-corrected chi connectivity index (χ4v) is 3.66. The number of imide groups is 1. The minimum absolute atomic E-state index is 0.367. The van der Waals surface area contributed by atoms with E-state index in [2.05, 4.69) is 0 Å². The van der Waals surface area contributed by atoms with E-state index in [-0.39, 0.29) is 5.91 Å². The van der Waals surface area contributed by atoms with Gasteiger partial charge in [0.15, 0.2) is 18.0 Å². The SMILES string of the molecule is CCOC(C)O[C@H]1C(=O)[N+](C(=O)OC)(c2ccccc2)[C@H]1c1ccccc1. The van der Waals surface area contributed by atoms with Crippen LogP contribution in [0.5, 0.6) is 0 Å². The number of hydrogen-bond acceptors (Lipinski definition) is 5. The van der Waals surface area contributed by atoms with E-state index in [0.29, 0.717) is 12.3 Å². The van der Waals surface area contributed by atoms with Crippen molar-refractivity contribution in [1.29, 1.82) is 0 Å². The van der Waals surface area contributed by atoms with Crippen LogP contribution >= 0.6 is 0 Å². The minimum Gasteiger partial charge on any atom is -0.423 e. The standard InChI is InChI=1S/C21H24NO5/c1-4-26-15(2)27-19-18(16-11-7-5-8-12-16)22(20(19)23,21(24)25-3)17-13-9-6-10-14-17/h5-15,18-19H,4H2,1-3H3/q+1/t15?,18-,19+,22?/m0/s1. The smallest absolute Gasteiger partial charge is 0.423 e. The van der Waals surface area contributed by atoms with Gasteiger partial charge in [0.25, 0.3) is 0 Å². The normalized spacial score (nSPS) is 25.5. The lowest BCUT2D eigenvalue weighted by Crippen LogP contribution is -2.77. The van der Waals surface area contributed by atoms with Crippen LogP contribution in [0, 0.1) is 0 Å². The quantitative estimate of drug-likeness (QED) is 0.440. The Morgan fingerprint density at radius 3 is 2.22 bits per heavy atom. The molecule has 0 bridgehead atoms. The van der Waals surface area contributed by atoms with Gasteiger partial charge in [-0.25, -0.2) is 4.79 Å². The van der Waals surface area contributed by atoms with E-state index in [0.717, 1.165) is 5.56 Å². The third kappa shape index (κ3) is 3.16. The van der Waals surface area contributed by atoms with Crippen molar-refractivity contribution in [3.05, 3.63) is 66.2 Å². The molecule has 3 rings (SSSR count). The molecule has 1 aliphatic heterocycles. The van der Waals surface area contributed by atoms with Crippen LogP contribution < -0.4 is 4.48 Å². The number of β-lactam (4-membered cyclic amide) rings is 1. The van der Waals surface area contributed by atoms with Crippen molar-refractivity contribution in [2.45, 2.75) is 32.3 Å². The van der Waals surface area contributed by atoms with Gasteiger partial charge in [-0.3, -0.25) is 0 Å². The number of para-hydroxylation sites is 1. The van der Waals surface area contributed by atoms with E-state index < -0.39 is 29.0 Å². The summed E-state index contributed by atoms with van der Waals surface area (Å²) in [6.07, 6.45) is -2.01. The van der Waals surface area contributed by atoms with Crippen molar-refractivity contribution >= 4 is 17.7 Å². The molecule has 1 heterocycles. The minimum atomic E-state index is -0.812. The van der Waals surface area contributed by atoms with Crippen molar-refractivity contribution < 1.29 is 23.8 Å². The lowest BCUT2D eigenvalue weighted by molar-refractivity contribution is -0.208. The van der Waals surface area contributed by atoms with Gasteiger partial charge >= 0.3 is 12.0 Å². The first-order valence-electron chi connectivity index (χ1n) is 8.96. The van der Waals surface area contributed by atoms with Gasteiger partial charge in [-0.2, -0.15) is 4.79 Å². The number of rotatable bonds is 6. The lowest BCUT2D eigenvalue weighted by Gasteiger charge is -2.49. The predicted octanol–water partition coefficient (Wildman–Crippen LogP) is 3.81. The molecule has 142 valence electrons. The van der Waals surface area contributed by atoms with Crippen LogP contribution in [0.25, 0.3) is 0 Å². The molecule has 27 heavy (non-hydrogen) atoms. The van der Waals surface area contributed by atoms with Crippen LogP contribution in [0.2, 0.25) is 0 Å². The summed E-state index contributed by atoms with van der Waals surface area (Å²) in [5.41, 5.74) is 1.37. The molecule has 0 aliphatic carbocycles. The molecule has 0 radical (unpaired) electrons. The van der Waals surface area contributed by atoms with E-state index in [1.54, 1.807) is 31.2 Å². The molecule has 0 spiro atoms. The van der Waals surface area contributed by atoms with Gasteiger partial charge in [0.1, 0.15) is 0 Å². The fraction of sp³-hybridized carbons (Fsp3) is 0.333. The number of benzene rings is 2. The van der Waals surface area contributed by atoms with E-state index in [4.69, 9.17) is 14.2 Å². The van der Waals surface area contributed by atoms with Crippen LogP contribution in [0.15, 0.2) is 60.7 Å². The Morgan fingerprint density at radius 1 is 1.07 bits per heavy atom. The van der Waals surface area contributed by atoms with Crippen LogP contribution in [0.4, 0.5) is 10.5 Å². The summed E-state index contributed by atoms with van der Waals surface area (Å²) < 4.78 is 15.8. The Bertz CT molecular complexity index is 795. The highest BCUT2D eigenvalue weighted by Gasteiger charge is 2.72. The highest BCUT2D eigenvalue weighted by molar-refractivity contribution is 6.14. The molecule has 2 aromatic rings. The Kier molecular flexibility index (Phi) is 5.70. The van der Waals surface area contributed by atoms with Gasteiger partial charge in [0.2, 0.25) is 6.10 Å². The van der Waals surface area contributed by atoms with E-state index in [9.17, 15) is 9.59 Å². The number of quaternary nitrogens is 1. The third-order valence-corrected chi connectivity index (χ3v) is 4.80. The van der Waals surface area contributed by atoms with Crippen molar-refractivity contribution in [1.82, 2.24) is 4.48 Å². The lowest BCUT2D eigenvalue weighted by atomic mass is 9.85. The largest absolute Gasteiger partial charge is 0.529 e. The topological polar surface area (TPSA) is 61.8 Å². The number of nitrogens with zero attached hydrogens (tertiary/aromatic N) is 1. The summed E-state index contributed by atoms with van der Waals surface area (Å²) in [5.74, 6) is -0.367. The zero-order valence-corrected chi connectivity index (χ0v) is 15.7. The molecular weight excluding hydrogens is 346 g/mol. The van der Waals surface area contributed by atoms with Crippen molar-refractivity contribution in [2.24, 2.45) is 0 Å². The second kappa shape index (κ2) is 8.00. The monoisotopic (exact) mass is 370 g/mol. The molecule has 1 aliphatic rings. The van der Waals surface area contributed by atoms with E-state index >= 15 is 0 Å². The summed E-state index contributed by atoms with van der Waals surface area (Å²) in [6, 6.07) is 17.8. The number of carbonyl (C=O) groups is 2. The second-order valence-corrected chi connectivity index (χ2v) is 6.30. The third-order valence-electron chi connectivity index (χ3n) is 4.80. The summed E-state index contributed by atoms with van der Waals surface area (Å²) in [4.78, 5) is 26.2. The van der Waals surface area contributed by atoms with E-state index in [1.807, 2.05) is 43.3 Å². The van der Waals surface area contributed by atoms with Gasteiger partial charge < -0.3 is 14.2 Å². The highest BCUT2D eigenvalue weighted by atomic mass is 16.7. The maximum atomic E-state index is 13.3. The van der Waals surface area contributed by atoms with Gasteiger partial charge in [-0.15, -0.1) is 4.48 Å². The molecule has 2 aromatic carbocycles. The number of ether oxygens (including phenoxy) is 3. The summed E-state index contributed by atoms with van der Waals surface area (Å²) >= 11 is 0. The molecule has 4 atom stereocenters. The van der Waals surface area contributed by atoms with Crippen LogP contribution in [0.3, 0.4) is 0 Å². The Labute approximate surface area is 158 Å². The Morgan fingerprint density at radius 2 is 1.67 bits per heavy atom. The Hall–Kier alpha value is -2.54. The van der Waals surface area contributed by atoms with Crippen molar-refractivity contribution in [3.63, 3.8) is 0 Å². The van der Waals surface area contributed by atoms with Crippen LogP contribution in [-0.4, -0.2) is 38.1 Å². The summed E-state index contributed by atoms with van der Waals surface area (Å²) in [6.45, 7) is 4.07. The van der Waals surface area contributed by atoms with Crippen LogP contribution in [-0.2, 0) is 19.0 Å². The molecule has 1 saturated heterocycles. The number of methoxy groups -OCH3 is 1. The number of hydrogen-bond donors (Lipinski definition) is 0. The van der Waals surface area contributed by atoms with Crippen molar-refractivity contribution in [3.8, 4) is 0 Å². The maximum Gasteiger partial charge on any atom is 0.529 e. The molecule has 6 nitrogen and oxygen atoms in total. The van der Waals surface area contributed by atoms with Gasteiger partial charge in [0.05, 0.1) is 7.11 Å². The molecule has 2 unspecified atom stereocenters. The molecule has 1 fully saturated rings. The number of likely N-dealkylation sites (tertiary alicyclic amines) is 1. The Balaban J connectivity index is 2.11. The predicted molar refractivity (Wildman–Crippen MR) is 101 cm³/mol. The molecule has 0 aromatic heterocycles. The molecule has 0 saturated carbocycles. The molecule has 2 amide bonds. The maximum absolute atomic E-state index is 13.3. The molecule has 6 heteroatoms. The van der Waals surface area contributed by atoms with Gasteiger partial charge in [-0.05, 0) is 13.8 Å². The van der Waals surface area contributed by atoms with Gasteiger partial charge in [0, 0.05) is 24.3 Å². The summed E-state index contributed by atoms with van der Waals surface area (Å²) in [7, 11) is 1.29. The number of carbonyl (C=O) groups excluding carboxylic acids is 2. The zero-order chi connectivity index (χ0) is 19.4. The molecular formula is C21H24NO5+. The van der Waals surface area contributed by atoms with E-state index in [1.165, 1.54) is 7.11 Å². The zero-order valence-electron chi connectivity index (χ0n) is 15.7. The number of amides is 2.